The molecule has 0 N–H and O–H groups in total. The van der Waals surface area contributed by atoms with E-state index in [-0.39, 0.29) is 5.75 Å². The normalized spacial score (nSPS) is 10.8. The van der Waals surface area contributed by atoms with Crippen LogP contribution in [0.1, 0.15) is 11.3 Å². The Hall–Kier alpha value is -1.77. The Morgan fingerprint density at radius 3 is 2.57 bits per heavy atom. The Morgan fingerprint density at radius 1 is 1.50 bits per heavy atom. The van der Waals surface area contributed by atoms with Gasteiger partial charge in [0.1, 0.15) is 11.8 Å². The third-order valence-electron chi connectivity index (χ3n) is 1.49. The van der Waals surface area contributed by atoms with Crippen molar-refractivity contribution in [3.05, 3.63) is 23.5 Å². The number of pyridine rings is 1. The quantitative estimate of drug-likeness (QED) is 0.699. The van der Waals surface area contributed by atoms with Gasteiger partial charge in [0.15, 0.2) is 5.69 Å². The van der Waals surface area contributed by atoms with Crippen LogP contribution in [-0.2, 0) is 6.18 Å². The van der Waals surface area contributed by atoms with Gasteiger partial charge in [0.25, 0.3) is 0 Å². The Balaban J connectivity index is 3.28. The number of nitriles is 1. The average molecular weight is 202 g/mol. The Kier molecular flexibility index (Phi) is 2.60. The molecule has 0 saturated heterocycles. The fraction of sp³-hybridized carbons (Fsp3) is 0.250. The highest BCUT2D eigenvalue weighted by Crippen LogP contribution is 2.31. The lowest BCUT2D eigenvalue weighted by atomic mass is 10.2. The van der Waals surface area contributed by atoms with Crippen LogP contribution >= 0.6 is 0 Å². The number of hydrogen-bond donors (Lipinski definition) is 0. The summed E-state index contributed by atoms with van der Waals surface area (Å²) in [6, 6.07) is 2.41. The molecule has 0 bridgehead atoms. The second-order valence-corrected chi connectivity index (χ2v) is 2.38. The van der Waals surface area contributed by atoms with Gasteiger partial charge in [-0.3, -0.25) is 0 Å². The fourth-order valence-corrected chi connectivity index (χ4v) is 0.868. The topological polar surface area (TPSA) is 45.9 Å². The van der Waals surface area contributed by atoms with Crippen LogP contribution in [0.2, 0.25) is 0 Å². The third-order valence-corrected chi connectivity index (χ3v) is 1.49. The molecule has 0 saturated carbocycles. The molecule has 6 heteroatoms. The minimum Gasteiger partial charge on any atom is -0.495 e. The van der Waals surface area contributed by atoms with Crippen molar-refractivity contribution in [2.75, 3.05) is 7.11 Å². The first-order valence-corrected chi connectivity index (χ1v) is 3.50. The first-order valence-electron chi connectivity index (χ1n) is 3.50. The summed E-state index contributed by atoms with van der Waals surface area (Å²) in [4.78, 5) is 3.12. The largest absolute Gasteiger partial charge is 0.495 e. The Morgan fingerprint density at radius 2 is 2.14 bits per heavy atom. The van der Waals surface area contributed by atoms with Gasteiger partial charge < -0.3 is 4.74 Å². The van der Waals surface area contributed by atoms with E-state index in [9.17, 15) is 13.2 Å². The summed E-state index contributed by atoms with van der Waals surface area (Å²) in [5.74, 6) is 0.120. The van der Waals surface area contributed by atoms with Crippen molar-refractivity contribution in [3.8, 4) is 11.8 Å². The van der Waals surface area contributed by atoms with E-state index in [0.29, 0.717) is 0 Å². The molecule has 0 atom stereocenters. The minimum absolute atomic E-state index is 0.120. The molecule has 0 aromatic carbocycles. The lowest BCUT2D eigenvalue weighted by molar-refractivity contribution is -0.141. The monoisotopic (exact) mass is 202 g/mol. The summed E-state index contributed by atoms with van der Waals surface area (Å²) < 4.78 is 41.3. The number of alkyl halides is 3. The van der Waals surface area contributed by atoms with Gasteiger partial charge in [0, 0.05) is 6.07 Å². The summed E-state index contributed by atoms with van der Waals surface area (Å²) >= 11 is 0. The smallest absolute Gasteiger partial charge is 0.434 e. The van der Waals surface area contributed by atoms with Gasteiger partial charge in [-0.15, -0.1) is 0 Å². The Bertz CT molecular complexity index is 381. The lowest BCUT2D eigenvalue weighted by Crippen LogP contribution is -2.10. The predicted octanol–water partition coefficient (Wildman–Crippen LogP) is 1.98. The van der Waals surface area contributed by atoms with E-state index < -0.39 is 17.4 Å². The zero-order valence-corrected chi connectivity index (χ0v) is 7.09. The maximum absolute atomic E-state index is 12.2. The molecule has 0 unspecified atom stereocenters. The number of ether oxygens (including phenoxy) is 1. The van der Waals surface area contributed by atoms with Crippen LogP contribution in [0, 0.1) is 11.3 Å². The molecule has 0 aliphatic rings. The lowest BCUT2D eigenvalue weighted by Gasteiger charge is -2.07. The van der Waals surface area contributed by atoms with E-state index in [1.54, 1.807) is 0 Å². The molecular weight excluding hydrogens is 197 g/mol. The molecule has 1 aromatic heterocycles. The molecule has 0 aliphatic carbocycles. The molecule has 0 aliphatic heterocycles. The van der Waals surface area contributed by atoms with Gasteiger partial charge in [0.05, 0.1) is 18.9 Å². The van der Waals surface area contributed by atoms with Gasteiger partial charge in [-0.1, -0.05) is 0 Å². The molecule has 14 heavy (non-hydrogen) atoms. The first-order chi connectivity index (χ1) is 6.49. The van der Waals surface area contributed by atoms with Gasteiger partial charge >= 0.3 is 6.18 Å². The number of hydrogen-bond acceptors (Lipinski definition) is 3. The van der Waals surface area contributed by atoms with Crippen molar-refractivity contribution in [2.24, 2.45) is 0 Å². The zero-order valence-electron chi connectivity index (χ0n) is 7.09. The van der Waals surface area contributed by atoms with Crippen LogP contribution in [0.25, 0.3) is 0 Å². The van der Waals surface area contributed by atoms with Crippen molar-refractivity contribution >= 4 is 0 Å². The molecular formula is C8H5F3N2O. The second-order valence-electron chi connectivity index (χ2n) is 2.38. The molecule has 1 heterocycles. The van der Waals surface area contributed by atoms with E-state index in [0.717, 1.165) is 12.3 Å². The molecule has 0 fully saturated rings. The van der Waals surface area contributed by atoms with Crippen molar-refractivity contribution < 1.29 is 17.9 Å². The van der Waals surface area contributed by atoms with Crippen LogP contribution in [0.3, 0.4) is 0 Å². The number of aromatic nitrogens is 1. The Labute approximate surface area is 77.7 Å². The molecule has 74 valence electrons. The highest BCUT2D eigenvalue weighted by molar-refractivity contribution is 5.39. The highest BCUT2D eigenvalue weighted by atomic mass is 19.4. The predicted molar refractivity (Wildman–Crippen MR) is 40.5 cm³/mol. The number of methoxy groups -OCH3 is 1. The summed E-state index contributed by atoms with van der Waals surface area (Å²) in [5, 5.41) is 8.46. The van der Waals surface area contributed by atoms with E-state index >= 15 is 0 Å². The van der Waals surface area contributed by atoms with E-state index in [1.807, 2.05) is 0 Å². The van der Waals surface area contributed by atoms with E-state index in [4.69, 9.17) is 5.26 Å². The number of rotatable bonds is 1. The van der Waals surface area contributed by atoms with E-state index in [1.165, 1.54) is 13.2 Å². The van der Waals surface area contributed by atoms with E-state index in [2.05, 4.69) is 9.72 Å². The maximum atomic E-state index is 12.2. The summed E-state index contributed by atoms with van der Waals surface area (Å²) in [6.07, 6.45) is -3.69. The molecule has 1 aromatic rings. The molecule has 0 spiro atoms. The fourth-order valence-electron chi connectivity index (χ4n) is 0.868. The standard InChI is InChI=1S/C8H5F3N2O/c1-14-6-2-5(3-12)7(13-4-6)8(9,10)11/h2,4H,1H3. The summed E-state index contributed by atoms with van der Waals surface area (Å²) in [6.45, 7) is 0. The van der Waals surface area contributed by atoms with Crippen LogP contribution in [0.4, 0.5) is 13.2 Å². The number of halogens is 3. The molecule has 0 radical (unpaired) electrons. The van der Waals surface area contributed by atoms with Crippen molar-refractivity contribution in [3.63, 3.8) is 0 Å². The van der Waals surface area contributed by atoms with Crippen molar-refractivity contribution in [1.82, 2.24) is 4.98 Å². The van der Waals surface area contributed by atoms with Crippen molar-refractivity contribution in [2.45, 2.75) is 6.18 Å². The molecule has 3 nitrogen and oxygen atoms in total. The molecule has 1 rings (SSSR count). The zero-order chi connectivity index (χ0) is 10.8. The summed E-state index contributed by atoms with van der Waals surface area (Å²) in [5.41, 5.74) is -1.74. The molecule has 0 amide bonds. The van der Waals surface area contributed by atoms with Crippen LogP contribution in [-0.4, -0.2) is 12.1 Å². The van der Waals surface area contributed by atoms with Gasteiger partial charge in [0.2, 0.25) is 0 Å². The van der Waals surface area contributed by atoms with Gasteiger partial charge in [-0.2, -0.15) is 18.4 Å². The second kappa shape index (κ2) is 3.54. The van der Waals surface area contributed by atoms with Crippen molar-refractivity contribution in [1.29, 1.82) is 5.26 Å². The number of nitrogens with zero attached hydrogens (tertiary/aromatic N) is 2. The summed E-state index contributed by atoms with van der Waals surface area (Å²) in [7, 11) is 1.28. The third kappa shape index (κ3) is 1.93. The SMILES string of the molecule is COc1cnc(C(F)(F)F)c(C#N)c1. The highest BCUT2D eigenvalue weighted by Gasteiger charge is 2.35. The van der Waals surface area contributed by atoms with Crippen LogP contribution in [0.5, 0.6) is 5.75 Å². The minimum atomic E-state index is -4.61. The van der Waals surface area contributed by atoms with Crippen LogP contribution < -0.4 is 4.74 Å². The van der Waals surface area contributed by atoms with Crippen LogP contribution in [0.15, 0.2) is 12.3 Å². The van der Waals surface area contributed by atoms with Gasteiger partial charge in [-0.25, -0.2) is 4.98 Å². The van der Waals surface area contributed by atoms with Gasteiger partial charge in [-0.05, 0) is 0 Å². The maximum Gasteiger partial charge on any atom is 0.434 e. The first kappa shape index (κ1) is 10.3. The average Bonchev–Trinajstić information content (AvgIpc) is 2.15.